The van der Waals surface area contributed by atoms with Gasteiger partial charge in [0.15, 0.2) is 0 Å². The normalized spacial score (nSPS) is 21.6. The molecule has 2 aliphatic rings. The fraction of sp³-hybridized carbons (Fsp3) is 0.400. The molecule has 1 aromatic carbocycles. The van der Waals surface area contributed by atoms with Crippen molar-refractivity contribution < 1.29 is 14.3 Å². The Morgan fingerprint density at radius 3 is 3.04 bits per heavy atom. The molecular formula is C20H22N2O3. The molecule has 1 N–H and O–H groups in total. The Balaban J connectivity index is 1.48. The number of benzene rings is 1. The van der Waals surface area contributed by atoms with Gasteiger partial charge in [-0.2, -0.15) is 0 Å². The number of ether oxygens (including phenoxy) is 2. The Labute approximate surface area is 147 Å². The molecule has 25 heavy (non-hydrogen) atoms. The van der Waals surface area contributed by atoms with Gasteiger partial charge < -0.3 is 14.8 Å². The average Bonchev–Trinajstić information content (AvgIpc) is 3.29. The second-order valence-corrected chi connectivity index (χ2v) is 6.77. The van der Waals surface area contributed by atoms with Gasteiger partial charge in [0.05, 0.1) is 24.8 Å². The third kappa shape index (κ3) is 3.37. The van der Waals surface area contributed by atoms with Crippen LogP contribution in [0.15, 0.2) is 36.5 Å². The lowest BCUT2D eigenvalue weighted by molar-refractivity contribution is -0.125. The summed E-state index contributed by atoms with van der Waals surface area (Å²) in [5, 5.41) is 3.02. The highest BCUT2D eigenvalue weighted by Gasteiger charge is 2.29. The van der Waals surface area contributed by atoms with Crippen LogP contribution in [-0.4, -0.2) is 36.8 Å². The molecule has 130 valence electrons. The van der Waals surface area contributed by atoms with Crippen molar-refractivity contribution in [3.05, 3.63) is 47.7 Å². The lowest BCUT2D eigenvalue weighted by atomic mass is 10.0. The van der Waals surface area contributed by atoms with E-state index in [0.717, 1.165) is 29.8 Å². The van der Waals surface area contributed by atoms with E-state index >= 15 is 0 Å². The van der Waals surface area contributed by atoms with Crippen molar-refractivity contribution in [1.82, 2.24) is 10.3 Å². The summed E-state index contributed by atoms with van der Waals surface area (Å²) in [6.07, 6.45) is 3.37. The van der Waals surface area contributed by atoms with Gasteiger partial charge in [0.25, 0.3) is 0 Å². The monoisotopic (exact) mass is 338 g/mol. The zero-order valence-corrected chi connectivity index (χ0v) is 14.3. The van der Waals surface area contributed by atoms with Crippen molar-refractivity contribution in [2.24, 2.45) is 5.92 Å². The van der Waals surface area contributed by atoms with Gasteiger partial charge in [-0.25, -0.2) is 0 Å². The molecule has 0 bridgehead atoms. The van der Waals surface area contributed by atoms with Crippen molar-refractivity contribution in [2.45, 2.75) is 25.9 Å². The summed E-state index contributed by atoms with van der Waals surface area (Å²) in [6.45, 7) is 3.81. The van der Waals surface area contributed by atoms with E-state index in [2.05, 4.69) is 29.4 Å². The van der Waals surface area contributed by atoms with Crippen LogP contribution in [0, 0.1) is 12.8 Å². The van der Waals surface area contributed by atoms with Crippen molar-refractivity contribution in [3.8, 4) is 17.0 Å². The van der Waals surface area contributed by atoms with Gasteiger partial charge in [0, 0.05) is 24.8 Å². The van der Waals surface area contributed by atoms with E-state index in [4.69, 9.17) is 9.47 Å². The molecule has 4 rings (SSSR count). The number of nitrogens with one attached hydrogen (secondary N) is 1. The molecule has 1 saturated heterocycles. The van der Waals surface area contributed by atoms with Crippen LogP contribution in [0.1, 0.15) is 17.5 Å². The highest BCUT2D eigenvalue weighted by molar-refractivity contribution is 5.79. The summed E-state index contributed by atoms with van der Waals surface area (Å²) in [6, 6.07) is 10.2. The lowest BCUT2D eigenvalue weighted by Crippen LogP contribution is -2.38. The molecule has 1 amide bonds. The molecule has 5 heteroatoms. The molecule has 2 unspecified atom stereocenters. The predicted octanol–water partition coefficient (Wildman–Crippen LogP) is 2.51. The molecule has 2 atom stereocenters. The molecule has 0 saturated carbocycles. The van der Waals surface area contributed by atoms with Gasteiger partial charge in [-0.1, -0.05) is 12.1 Å². The Hall–Kier alpha value is -2.40. The van der Waals surface area contributed by atoms with Crippen LogP contribution >= 0.6 is 0 Å². The van der Waals surface area contributed by atoms with E-state index in [1.807, 2.05) is 18.2 Å². The SMILES string of the molecule is Cc1cc2c(c(-c3ccccn3)c1)OC(CNC(=O)C1CCOC1)C2. The number of nitrogens with zero attached hydrogens (tertiary/aromatic N) is 1. The minimum absolute atomic E-state index is 0.0184. The average molecular weight is 338 g/mol. The highest BCUT2D eigenvalue weighted by Crippen LogP contribution is 2.39. The fourth-order valence-electron chi connectivity index (χ4n) is 3.52. The summed E-state index contributed by atoms with van der Waals surface area (Å²) in [4.78, 5) is 16.6. The van der Waals surface area contributed by atoms with Crippen molar-refractivity contribution >= 4 is 5.91 Å². The predicted molar refractivity (Wildman–Crippen MR) is 94.5 cm³/mol. The van der Waals surface area contributed by atoms with Crippen LogP contribution in [0.25, 0.3) is 11.3 Å². The number of amides is 1. The Morgan fingerprint density at radius 2 is 2.28 bits per heavy atom. The number of pyridine rings is 1. The molecular weight excluding hydrogens is 316 g/mol. The summed E-state index contributed by atoms with van der Waals surface area (Å²) >= 11 is 0. The summed E-state index contributed by atoms with van der Waals surface area (Å²) in [5.74, 6) is 0.945. The summed E-state index contributed by atoms with van der Waals surface area (Å²) < 4.78 is 11.5. The molecule has 2 aromatic rings. The van der Waals surface area contributed by atoms with E-state index in [0.29, 0.717) is 19.8 Å². The number of carbonyl (C=O) groups is 1. The molecule has 0 radical (unpaired) electrons. The molecule has 3 heterocycles. The number of carbonyl (C=O) groups excluding carboxylic acids is 1. The minimum atomic E-state index is -0.0365. The van der Waals surface area contributed by atoms with Gasteiger partial charge in [-0.15, -0.1) is 0 Å². The van der Waals surface area contributed by atoms with E-state index < -0.39 is 0 Å². The maximum absolute atomic E-state index is 12.2. The maximum Gasteiger partial charge on any atom is 0.225 e. The lowest BCUT2D eigenvalue weighted by Gasteiger charge is -2.15. The minimum Gasteiger partial charge on any atom is -0.487 e. The quantitative estimate of drug-likeness (QED) is 0.930. The first-order valence-electron chi connectivity index (χ1n) is 8.78. The molecule has 1 fully saturated rings. The summed E-state index contributed by atoms with van der Waals surface area (Å²) in [7, 11) is 0. The third-order valence-electron chi connectivity index (χ3n) is 4.79. The molecule has 2 aliphatic heterocycles. The number of aromatic nitrogens is 1. The molecule has 0 spiro atoms. The largest absolute Gasteiger partial charge is 0.487 e. The van der Waals surface area contributed by atoms with Crippen molar-refractivity contribution in [1.29, 1.82) is 0 Å². The highest BCUT2D eigenvalue weighted by atomic mass is 16.5. The van der Waals surface area contributed by atoms with Crippen LogP contribution in [-0.2, 0) is 16.0 Å². The number of aryl methyl sites for hydroxylation is 1. The van der Waals surface area contributed by atoms with Crippen LogP contribution in [0.4, 0.5) is 0 Å². The second kappa shape index (κ2) is 6.84. The van der Waals surface area contributed by atoms with E-state index in [-0.39, 0.29) is 17.9 Å². The van der Waals surface area contributed by atoms with Gasteiger partial charge in [-0.05, 0) is 42.7 Å². The van der Waals surface area contributed by atoms with Gasteiger partial charge in [-0.3, -0.25) is 9.78 Å². The van der Waals surface area contributed by atoms with Gasteiger partial charge in [0.1, 0.15) is 11.9 Å². The molecule has 5 nitrogen and oxygen atoms in total. The zero-order chi connectivity index (χ0) is 17.2. The first-order valence-corrected chi connectivity index (χ1v) is 8.78. The Kier molecular flexibility index (Phi) is 4.40. The topological polar surface area (TPSA) is 60.5 Å². The first-order chi connectivity index (χ1) is 12.2. The Bertz CT molecular complexity index is 770. The standard InChI is InChI=1S/C20H22N2O3/c1-13-8-15-10-16(11-22-20(23)14-5-7-24-12-14)25-19(15)17(9-13)18-4-2-3-6-21-18/h2-4,6,8-9,14,16H,5,7,10-12H2,1H3,(H,22,23). The number of fused-ring (bicyclic) bond motifs is 1. The molecule has 0 aliphatic carbocycles. The maximum atomic E-state index is 12.2. The van der Waals surface area contributed by atoms with Crippen LogP contribution in [0.2, 0.25) is 0 Å². The zero-order valence-electron chi connectivity index (χ0n) is 14.3. The van der Waals surface area contributed by atoms with Crippen LogP contribution < -0.4 is 10.1 Å². The van der Waals surface area contributed by atoms with Crippen LogP contribution in [0.5, 0.6) is 5.75 Å². The van der Waals surface area contributed by atoms with Crippen molar-refractivity contribution in [3.63, 3.8) is 0 Å². The van der Waals surface area contributed by atoms with Gasteiger partial charge in [0.2, 0.25) is 5.91 Å². The van der Waals surface area contributed by atoms with Crippen molar-refractivity contribution in [2.75, 3.05) is 19.8 Å². The summed E-state index contributed by atoms with van der Waals surface area (Å²) in [5.41, 5.74) is 4.31. The number of rotatable bonds is 4. The number of hydrogen-bond donors (Lipinski definition) is 1. The van der Waals surface area contributed by atoms with Gasteiger partial charge >= 0.3 is 0 Å². The molecule has 1 aromatic heterocycles. The van der Waals surface area contributed by atoms with E-state index in [1.54, 1.807) is 6.20 Å². The first kappa shape index (κ1) is 16.1. The van der Waals surface area contributed by atoms with E-state index in [1.165, 1.54) is 11.1 Å². The Morgan fingerprint density at radius 1 is 1.36 bits per heavy atom. The number of hydrogen-bond acceptors (Lipinski definition) is 4. The van der Waals surface area contributed by atoms with Crippen LogP contribution in [0.3, 0.4) is 0 Å². The van der Waals surface area contributed by atoms with E-state index in [9.17, 15) is 4.79 Å². The fourth-order valence-corrected chi connectivity index (χ4v) is 3.52. The second-order valence-electron chi connectivity index (χ2n) is 6.77. The smallest absolute Gasteiger partial charge is 0.225 e. The third-order valence-corrected chi connectivity index (χ3v) is 4.79.